The molecule has 0 aliphatic rings. The first-order valence-corrected chi connectivity index (χ1v) is 8.17. The van der Waals surface area contributed by atoms with Gasteiger partial charge in [0.15, 0.2) is 0 Å². The van der Waals surface area contributed by atoms with Crippen molar-refractivity contribution in [3.63, 3.8) is 0 Å². The van der Waals surface area contributed by atoms with Crippen LogP contribution in [0.25, 0.3) is 10.1 Å². The van der Waals surface area contributed by atoms with Crippen LogP contribution in [0.15, 0.2) is 24.3 Å². The van der Waals surface area contributed by atoms with Gasteiger partial charge in [0.2, 0.25) is 0 Å². The molecule has 0 atom stereocenters. The summed E-state index contributed by atoms with van der Waals surface area (Å²) in [6.07, 6.45) is 1.17. The molecule has 0 amide bonds. The van der Waals surface area contributed by atoms with Crippen molar-refractivity contribution < 1.29 is 4.74 Å². The zero-order valence-corrected chi connectivity index (χ0v) is 13.8. The number of hydrogen-bond donors (Lipinski definition) is 1. The van der Waals surface area contributed by atoms with E-state index < -0.39 is 0 Å². The summed E-state index contributed by atoms with van der Waals surface area (Å²) in [4.78, 5) is 1.41. The highest BCUT2D eigenvalue weighted by Gasteiger charge is 2.16. The van der Waals surface area contributed by atoms with Crippen molar-refractivity contribution in [3.05, 3.63) is 34.7 Å². The Labute approximate surface area is 126 Å². The van der Waals surface area contributed by atoms with E-state index in [9.17, 15) is 0 Å². The lowest BCUT2D eigenvalue weighted by Crippen LogP contribution is -2.19. The molecule has 0 aliphatic carbocycles. The summed E-state index contributed by atoms with van der Waals surface area (Å²) >= 11 is 1.88. The Hall–Kier alpha value is -0.900. The van der Waals surface area contributed by atoms with Gasteiger partial charge >= 0.3 is 0 Å². The van der Waals surface area contributed by atoms with Crippen molar-refractivity contribution in [2.45, 2.75) is 52.9 Å². The van der Waals surface area contributed by atoms with Gasteiger partial charge in [-0.05, 0) is 45.2 Å². The maximum absolute atomic E-state index is 6.01. The summed E-state index contributed by atoms with van der Waals surface area (Å²) in [7, 11) is 0. The van der Waals surface area contributed by atoms with Crippen LogP contribution in [0, 0.1) is 0 Å². The van der Waals surface area contributed by atoms with Crippen LogP contribution in [0.1, 0.15) is 44.6 Å². The van der Waals surface area contributed by atoms with Gasteiger partial charge in [-0.2, -0.15) is 0 Å². The summed E-state index contributed by atoms with van der Waals surface area (Å²) in [6, 6.07) is 8.62. The topological polar surface area (TPSA) is 21.3 Å². The van der Waals surface area contributed by atoms with Crippen LogP contribution in [0.5, 0.6) is 0 Å². The van der Waals surface area contributed by atoms with Gasteiger partial charge in [-0.25, -0.2) is 0 Å². The normalized spacial score (nSPS) is 12.2. The largest absolute Gasteiger partial charge is 0.371 e. The molecule has 1 aromatic carbocycles. The van der Waals surface area contributed by atoms with Gasteiger partial charge < -0.3 is 10.1 Å². The monoisotopic (exact) mass is 291 g/mol. The number of nitrogens with one attached hydrogen (secondary N) is 1. The predicted octanol–water partition coefficient (Wildman–Crippen LogP) is 4.72. The van der Waals surface area contributed by atoms with Gasteiger partial charge in [0, 0.05) is 21.7 Å². The molecular weight excluding hydrogens is 266 g/mol. The molecule has 0 saturated carbocycles. The zero-order valence-electron chi connectivity index (χ0n) is 13.0. The number of fused-ring (bicyclic) bond motifs is 1. The fourth-order valence-corrected chi connectivity index (χ4v) is 3.30. The first-order chi connectivity index (χ1) is 9.51. The highest BCUT2D eigenvalue weighted by molar-refractivity contribution is 7.19. The second kappa shape index (κ2) is 6.70. The highest BCUT2D eigenvalue weighted by Crippen LogP contribution is 2.32. The summed E-state index contributed by atoms with van der Waals surface area (Å²) in [5, 5.41) is 4.85. The van der Waals surface area contributed by atoms with E-state index in [1.807, 2.05) is 11.3 Å². The van der Waals surface area contributed by atoms with Crippen molar-refractivity contribution >= 4 is 21.4 Å². The Morgan fingerprint density at radius 3 is 2.65 bits per heavy atom. The minimum Gasteiger partial charge on any atom is -0.371 e. The maximum Gasteiger partial charge on any atom is 0.0741 e. The standard InChI is InChI=1S/C17H25NOS/c1-5-10-18-11-16-14(12-19-17(2,3)4)13-8-6-7-9-15(13)20-16/h6-9,18H,5,10-12H2,1-4H3. The fraction of sp³-hybridized carbons (Fsp3) is 0.529. The van der Waals surface area contributed by atoms with Crippen molar-refractivity contribution in [2.75, 3.05) is 6.54 Å². The molecule has 3 heteroatoms. The molecule has 1 aromatic heterocycles. The molecule has 0 saturated heterocycles. The van der Waals surface area contributed by atoms with Gasteiger partial charge in [-0.3, -0.25) is 0 Å². The molecule has 0 aliphatic heterocycles. The summed E-state index contributed by atoms with van der Waals surface area (Å²) < 4.78 is 7.36. The van der Waals surface area contributed by atoms with Crippen molar-refractivity contribution in [1.29, 1.82) is 0 Å². The molecule has 1 heterocycles. The summed E-state index contributed by atoms with van der Waals surface area (Å²) in [5.41, 5.74) is 1.25. The Bertz CT molecular complexity index is 554. The number of benzene rings is 1. The fourth-order valence-electron chi connectivity index (χ4n) is 2.12. The lowest BCUT2D eigenvalue weighted by molar-refractivity contribution is -0.0145. The van der Waals surface area contributed by atoms with Crippen LogP contribution in [0.2, 0.25) is 0 Å². The second-order valence-electron chi connectivity index (χ2n) is 6.08. The third-order valence-electron chi connectivity index (χ3n) is 3.14. The molecule has 0 fully saturated rings. The van der Waals surface area contributed by atoms with Crippen molar-refractivity contribution in [2.24, 2.45) is 0 Å². The minimum absolute atomic E-state index is 0.100. The first-order valence-electron chi connectivity index (χ1n) is 7.35. The average molecular weight is 291 g/mol. The predicted molar refractivity (Wildman–Crippen MR) is 88.4 cm³/mol. The summed E-state index contributed by atoms with van der Waals surface area (Å²) in [6.45, 7) is 11.2. The van der Waals surface area contributed by atoms with Crippen molar-refractivity contribution in [1.82, 2.24) is 5.32 Å². The van der Waals surface area contributed by atoms with E-state index in [1.165, 1.54) is 26.9 Å². The molecule has 2 aromatic rings. The Morgan fingerprint density at radius 1 is 1.20 bits per heavy atom. The zero-order chi connectivity index (χ0) is 14.6. The summed E-state index contributed by atoms with van der Waals surface area (Å²) in [5.74, 6) is 0. The molecular formula is C17H25NOS. The van der Waals surface area contributed by atoms with Crippen LogP contribution < -0.4 is 5.32 Å². The minimum atomic E-state index is -0.100. The number of rotatable bonds is 6. The smallest absolute Gasteiger partial charge is 0.0741 e. The first kappa shape index (κ1) is 15.5. The molecule has 1 N–H and O–H groups in total. The molecule has 20 heavy (non-hydrogen) atoms. The lowest BCUT2D eigenvalue weighted by Gasteiger charge is -2.20. The van der Waals surface area contributed by atoms with Gasteiger partial charge in [0.25, 0.3) is 0 Å². The van der Waals surface area contributed by atoms with Gasteiger partial charge in [0.05, 0.1) is 12.2 Å². The van der Waals surface area contributed by atoms with Crippen molar-refractivity contribution in [3.8, 4) is 0 Å². The number of thiophene rings is 1. The molecule has 0 spiro atoms. The molecule has 110 valence electrons. The third kappa shape index (κ3) is 4.05. The highest BCUT2D eigenvalue weighted by atomic mass is 32.1. The van der Waals surface area contributed by atoms with Crippen LogP contribution in [-0.4, -0.2) is 12.1 Å². The molecule has 2 rings (SSSR count). The molecule has 0 bridgehead atoms. The van der Waals surface area contributed by atoms with E-state index in [1.54, 1.807) is 0 Å². The number of hydrogen-bond acceptors (Lipinski definition) is 3. The Morgan fingerprint density at radius 2 is 1.95 bits per heavy atom. The Balaban J connectivity index is 2.24. The average Bonchev–Trinajstić information content (AvgIpc) is 2.73. The third-order valence-corrected chi connectivity index (χ3v) is 4.36. The van der Waals surface area contributed by atoms with Gasteiger partial charge in [0.1, 0.15) is 0 Å². The quantitative estimate of drug-likeness (QED) is 0.778. The van der Waals surface area contributed by atoms with E-state index in [2.05, 4.69) is 57.3 Å². The molecule has 0 unspecified atom stereocenters. The van der Waals surface area contributed by atoms with Gasteiger partial charge in [-0.1, -0.05) is 25.1 Å². The molecule has 2 nitrogen and oxygen atoms in total. The SMILES string of the molecule is CCCNCc1sc2ccccc2c1COC(C)(C)C. The second-order valence-corrected chi connectivity index (χ2v) is 7.21. The van der Waals surface area contributed by atoms with Crippen LogP contribution in [0.3, 0.4) is 0 Å². The van der Waals surface area contributed by atoms with E-state index >= 15 is 0 Å². The maximum atomic E-state index is 6.01. The van der Waals surface area contributed by atoms with Gasteiger partial charge in [-0.15, -0.1) is 11.3 Å². The van der Waals surface area contributed by atoms with E-state index in [4.69, 9.17) is 4.74 Å². The van der Waals surface area contributed by atoms with E-state index in [-0.39, 0.29) is 5.60 Å². The lowest BCUT2D eigenvalue weighted by atomic mass is 10.1. The Kier molecular flexibility index (Phi) is 5.19. The van der Waals surface area contributed by atoms with Crippen LogP contribution in [0.4, 0.5) is 0 Å². The van der Waals surface area contributed by atoms with E-state index in [0.29, 0.717) is 6.61 Å². The molecule has 0 radical (unpaired) electrons. The van der Waals surface area contributed by atoms with E-state index in [0.717, 1.165) is 13.1 Å². The van der Waals surface area contributed by atoms with Crippen LogP contribution >= 0.6 is 11.3 Å². The number of ether oxygens (including phenoxy) is 1. The van der Waals surface area contributed by atoms with Crippen LogP contribution in [-0.2, 0) is 17.9 Å².